The number of ether oxygens (including phenoxy) is 2. The van der Waals surface area contributed by atoms with Gasteiger partial charge in [0.15, 0.2) is 0 Å². The van der Waals surface area contributed by atoms with Gasteiger partial charge < -0.3 is 20.9 Å². The number of rotatable bonds is 18. The van der Waals surface area contributed by atoms with Gasteiger partial charge in [-0.05, 0) is 37.3 Å². The summed E-state index contributed by atoms with van der Waals surface area (Å²) < 4.78 is 9.99. The molecule has 4 nitrogen and oxygen atoms in total. The minimum Gasteiger partial charge on any atom is -0.471 e. The smallest absolute Gasteiger partial charge is 0.253 e. The van der Waals surface area contributed by atoms with Crippen molar-refractivity contribution in [3.05, 3.63) is 0 Å². The van der Waals surface area contributed by atoms with Crippen molar-refractivity contribution in [1.29, 1.82) is 0 Å². The van der Waals surface area contributed by atoms with Crippen LogP contribution in [0.4, 0.5) is 0 Å². The van der Waals surface area contributed by atoms with Crippen LogP contribution in [0.1, 0.15) is 117 Å². The second-order valence-electron chi connectivity index (χ2n) is 7.28. The van der Waals surface area contributed by atoms with Crippen LogP contribution < -0.4 is 11.5 Å². The molecule has 0 spiro atoms. The van der Waals surface area contributed by atoms with Gasteiger partial charge in [0, 0.05) is 17.1 Å². The molecule has 0 bridgehead atoms. The molecule has 0 saturated carbocycles. The molecule has 0 heterocycles. The van der Waals surface area contributed by atoms with E-state index in [2.05, 4.69) is 38.3 Å². The third kappa shape index (κ3) is 39.0. The number of unbranched alkanes of at least 4 members (excludes halogenated alkanes) is 14. The maximum Gasteiger partial charge on any atom is 0.253 e. The van der Waals surface area contributed by atoms with E-state index >= 15 is 0 Å². The van der Waals surface area contributed by atoms with E-state index in [9.17, 15) is 0 Å². The Morgan fingerprint density at radius 1 is 0.517 bits per heavy atom. The Morgan fingerprint density at radius 3 is 1.00 bits per heavy atom. The molecule has 179 valence electrons. The molecule has 0 amide bonds. The van der Waals surface area contributed by atoms with Gasteiger partial charge in [0.25, 0.3) is 10.3 Å². The summed E-state index contributed by atoms with van der Waals surface area (Å²) in [5.74, 6) is 0. The van der Waals surface area contributed by atoms with Gasteiger partial charge in [0.2, 0.25) is 0 Å². The van der Waals surface area contributed by atoms with E-state index in [1.807, 2.05) is 0 Å². The summed E-state index contributed by atoms with van der Waals surface area (Å²) in [5, 5.41) is 0.348. The maximum absolute atomic E-state index is 5.20. The van der Waals surface area contributed by atoms with E-state index < -0.39 is 0 Å². The van der Waals surface area contributed by atoms with Gasteiger partial charge >= 0.3 is 0 Å². The second kappa shape index (κ2) is 30.1. The van der Waals surface area contributed by atoms with E-state index in [0.29, 0.717) is 13.2 Å². The van der Waals surface area contributed by atoms with Crippen molar-refractivity contribution in [3.63, 3.8) is 0 Å². The molecule has 0 aliphatic heterocycles. The first kappa shape index (κ1) is 33.5. The van der Waals surface area contributed by atoms with Crippen molar-refractivity contribution in [1.82, 2.24) is 0 Å². The summed E-state index contributed by atoms with van der Waals surface area (Å²) in [6.07, 6.45) is 20.9. The van der Waals surface area contributed by atoms with Gasteiger partial charge in [0.05, 0.1) is 13.2 Å². The predicted octanol–water partition coefficient (Wildman–Crippen LogP) is 6.77. The third-order valence-corrected chi connectivity index (χ3v) is 4.72. The number of hydrogen-bond donors (Lipinski definition) is 2. The minimum atomic E-state index is 0. The third-order valence-electron chi connectivity index (χ3n) is 4.48. The average Bonchev–Trinajstić information content (AvgIpc) is 2.65. The molecule has 0 aromatic heterocycles. The molecule has 0 saturated heterocycles. The summed E-state index contributed by atoms with van der Waals surface area (Å²) in [6.45, 7) is 5.86. The van der Waals surface area contributed by atoms with Crippen LogP contribution >= 0.6 is 24.4 Å². The van der Waals surface area contributed by atoms with Crippen LogP contribution in [0.2, 0.25) is 0 Å². The monoisotopic (exact) mass is 497 g/mol. The Bertz CT molecular complexity index is 317. The second-order valence-corrected chi connectivity index (χ2v) is 8.09. The first-order valence-corrected chi connectivity index (χ1v) is 12.2. The minimum absolute atomic E-state index is 0. The van der Waals surface area contributed by atoms with E-state index in [0.717, 1.165) is 12.8 Å². The molecule has 0 unspecified atom stereocenters. The van der Waals surface area contributed by atoms with Crippen LogP contribution in [0.3, 0.4) is 0 Å². The van der Waals surface area contributed by atoms with Gasteiger partial charge in [0.1, 0.15) is 0 Å². The Hall–Kier alpha value is -0.101. The molecule has 0 aromatic carbocycles. The number of thiocarbonyl (C=S) groups is 2. The van der Waals surface area contributed by atoms with Crippen molar-refractivity contribution in [2.45, 2.75) is 117 Å². The van der Waals surface area contributed by atoms with Gasteiger partial charge in [-0.15, -0.1) is 0 Å². The standard InChI is InChI=1S/2C11H23NOS.Cu/c2*1-2-3-4-5-6-7-8-9-10-13-11(12)14;/h2*2-10H2,1H3,(H2,12,14);. The Kier molecular flexibility index (Phi) is 34.8. The molecule has 4 N–H and O–H groups in total. The molecule has 0 aromatic rings. The fraction of sp³-hybridized carbons (Fsp3) is 0.909. The molecule has 1 radical (unpaired) electrons. The van der Waals surface area contributed by atoms with E-state index in [1.54, 1.807) is 0 Å². The van der Waals surface area contributed by atoms with Gasteiger partial charge in [-0.25, -0.2) is 0 Å². The normalized spacial score (nSPS) is 9.72. The maximum atomic E-state index is 5.20. The molecule has 7 heteroatoms. The molecule has 0 aliphatic rings. The predicted molar refractivity (Wildman–Crippen MR) is 131 cm³/mol. The van der Waals surface area contributed by atoms with Crippen LogP contribution in [0.25, 0.3) is 0 Å². The van der Waals surface area contributed by atoms with Gasteiger partial charge in [-0.1, -0.05) is 104 Å². The van der Waals surface area contributed by atoms with Crippen LogP contribution in [0.5, 0.6) is 0 Å². The van der Waals surface area contributed by atoms with Crippen LogP contribution in [0, 0.1) is 0 Å². The van der Waals surface area contributed by atoms with Crippen molar-refractivity contribution in [2.24, 2.45) is 11.5 Å². The zero-order valence-corrected chi connectivity index (χ0v) is 21.4. The Balaban J connectivity index is -0.000000451. The zero-order valence-electron chi connectivity index (χ0n) is 18.8. The van der Waals surface area contributed by atoms with Crippen molar-refractivity contribution in [3.8, 4) is 0 Å². The molecule has 0 rings (SSSR count). The summed E-state index contributed by atoms with van der Waals surface area (Å²) >= 11 is 9.20. The van der Waals surface area contributed by atoms with E-state index in [-0.39, 0.29) is 27.4 Å². The quantitative estimate of drug-likeness (QED) is 0.124. The molecule has 29 heavy (non-hydrogen) atoms. The fourth-order valence-corrected chi connectivity index (χ4v) is 2.98. The molecular weight excluding hydrogens is 452 g/mol. The molecule has 0 fully saturated rings. The topological polar surface area (TPSA) is 70.5 Å². The summed E-state index contributed by atoms with van der Waals surface area (Å²) in [6, 6.07) is 0. The molecule has 0 aliphatic carbocycles. The average molecular weight is 498 g/mol. The van der Waals surface area contributed by atoms with Crippen LogP contribution in [0.15, 0.2) is 0 Å². The Morgan fingerprint density at radius 2 is 0.759 bits per heavy atom. The number of hydrogen-bond acceptors (Lipinski definition) is 4. The largest absolute Gasteiger partial charge is 0.471 e. The molecular formula is C22H46CuN2O2S2. The van der Waals surface area contributed by atoms with Crippen LogP contribution in [-0.2, 0) is 26.5 Å². The van der Waals surface area contributed by atoms with E-state index in [1.165, 1.54) is 89.9 Å². The fourth-order valence-electron chi connectivity index (χ4n) is 2.82. The summed E-state index contributed by atoms with van der Waals surface area (Å²) in [7, 11) is 0. The molecule has 0 atom stereocenters. The first-order chi connectivity index (χ1) is 13.5. The van der Waals surface area contributed by atoms with Crippen molar-refractivity contribution in [2.75, 3.05) is 13.2 Å². The SMILES string of the molecule is CCCCCCCCCCOC(N)=S.CCCCCCCCCCOC(N)=S.[Cu]. The summed E-state index contributed by atoms with van der Waals surface area (Å²) in [4.78, 5) is 0. The van der Waals surface area contributed by atoms with Crippen molar-refractivity contribution < 1.29 is 26.5 Å². The Labute approximate surface area is 202 Å². The van der Waals surface area contributed by atoms with Gasteiger partial charge in [-0.3, -0.25) is 0 Å². The van der Waals surface area contributed by atoms with Crippen molar-refractivity contribution >= 4 is 34.8 Å². The first-order valence-electron chi connectivity index (χ1n) is 11.4. The number of nitrogens with two attached hydrogens (primary N) is 2. The summed E-state index contributed by atoms with van der Waals surface area (Å²) in [5.41, 5.74) is 10.4. The van der Waals surface area contributed by atoms with Crippen LogP contribution in [-0.4, -0.2) is 23.6 Å². The van der Waals surface area contributed by atoms with Gasteiger partial charge in [-0.2, -0.15) is 0 Å². The van der Waals surface area contributed by atoms with E-state index in [4.69, 9.17) is 20.9 Å². The zero-order chi connectivity index (χ0) is 21.3.